The van der Waals surface area contributed by atoms with Gasteiger partial charge in [-0.05, 0) is 46.6 Å². The van der Waals surface area contributed by atoms with Crippen molar-refractivity contribution in [1.82, 2.24) is 5.32 Å². The van der Waals surface area contributed by atoms with Gasteiger partial charge in [-0.1, -0.05) is 50.2 Å². The Morgan fingerprint density at radius 3 is 2.62 bits per heavy atom. The van der Waals surface area contributed by atoms with Crippen LogP contribution in [-0.2, 0) is 35.8 Å². The Hall–Kier alpha value is -2.30. The lowest BCUT2D eigenvalue weighted by atomic mass is 9.86. The number of amides is 1. The molecule has 138 valence electrons. The molecule has 2 aromatic carbocycles. The molecule has 1 aliphatic rings. The monoisotopic (exact) mass is 361 g/mol. The first-order valence-electron chi connectivity index (χ1n) is 8.70. The fourth-order valence-corrected chi connectivity index (χ4v) is 3.51. The van der Waals surface area contributed by atoms with E-state index in [-0.39, 0.29) is 17.7 Å². The minimum absolute atomic E-state index is 0.0676. The Morgan fingerprint density at radius 2 is 1.88 bits per heavy atom. The predicted molar refractivity (Wildman–Crippen MR) is 94.8 cm³/mol. The number of benzene rings is 2. The van der Waals surface area contributed by atoms with Crippen LogP contribution in [0.1, 0.15) is 48.1 Å². The molecule has 3 rings (SSSR count). The van der Waals surface area contributed by atoms with Crippen molar-refractivity contribution in [3.63, 3.8) is 0 Å². The molecule has 0 aliphatic heterocycles. The van der Waals surface area contributed by atoms with Crippen LogP contribution < -0.4 is 5.32 Å². The number of halogens is 3. The van der Waals surface area contributed by atoms with E-state index in [1.165, 1.54) is 23.3 Å². The maximum absolute atomic E-state index is 12.7. The molecule has 0 unspecified atom stereocenters. The quantitative estimate of drug-likeness (QED) is 0.834. The summed E-state index contributed by atoms with van der Waals surface area (Å²) in [5, 5.41) is 2.80. The molecule has 0 aromatic heterocycles. The molecule has 1 N–H and O–H groups in total. The van der Waals surface area contributed by atoms with Gasteiger partial charge in [-0.3, -0.25) is 4.79 Å². The normalized spacial score (nSPS) is 15.6. The third-order valence-corrected chi connectivity index (χ3v) is 5.03. The van der Waals surface area contributed by atoms with E-state index in [0.29, 0.717) is 12.1 Å². The molecule has 0 spiro atoms. The van der Waals surface area contributed by atoms with Crippen LogP contribution >= 0.6 is 0 Å². The fraction of sp³-hybridized carbons (Fsp3) is 0.381. The third-order valence-electron chi connectivity index (χ3n) is 5.03. The highest BCUT2D eigenvalue weighted by molar-refractivity contribution is 5.78. The Bertz CT molecular complexity index is 824. The summed E-state index contributed by atoms with van der Waals surface area (Å²) in [6, 6.07) is 11.1. The summed E-state index contributed by atoms with van der Waals surface area (Å²) in [4.78, 5) is 12.1. The lowest BCUT2D eigenvalue weighted by Gasteiger charge is -2.19. The Kier molecular flexibility index (Phi) is 4.82. The maximum atomic E-state index is 12.7. The van der Waals surface area contributed by atoms with Crippen molar-refractivity contribution >= 4 is 5.91 Å². The first-order chi connectivity index (χ1) is 12.1. The highest BCUT2D eigenvalue weighted by atomic mass is 19.4. The first-order valence-corrected chi connectivity index (χ1v) is 8.70. The molecule has 2 aromatic rings. The molecule has 0 radical (unpaired) electrons. The number of fused-ring (bicyclic) bond motifs is 1. The van der Waals surface area contributed by atoms with Gasteiger partial charge in [0.2, 0.25) is 5.91 Å². The van der Waals surface area contributed by atoms with Crippen molar-refractivity contribution in [2.24, 2.45) is 0 Å². The lowest BCUT2D eigenvalue weighted by Crippen LogP contribution is -2.24. The molecule has 0 saturated carbocycles. The molecular weight excluding hydrogens is 339 g/mol. The van der Waals surface area contributed by atoms with Crippen LogP contribution in [0.3, 0.4) is 0 Å². The number of aryl methyl sites for hydroxylation is 1. The van der Waals surface area contributed by atoms with E-state index in [1.807, 2.05) is 6.07 Å². The molecule has 2 nitrogen and oxygen atoms in total. The van der Waals surface area contributed by atoms with E-state index in [4.69, 9.17) is 0 Å². The number of carbonyl (C=O) groups excluding carboxylic acids is 1. The molecule has 0 fully saturated rings. The summed E-state index contributed by atoms with van der Waals surface area (Å²) in [7, 11) is 0. The number of nitrogens with one attached hydrogen (secondary N) is 1. The van der Waals surface area contributed by atoms with Crippen molar-refractivity contribution < 1.29 is 18.0 Å². The topological polar surface area (TPSA) is 29.1 Å². The number of carbonyl (C=O) groups is 1. The second-order valence-electron chi connectivity index (χ2n) is 7.53. The van der Waals surface area contributed by atoms with Crippen molar-refractivity contribution in [2.45, 2.75) is 51.2 Å². The minimum Gasteiger partial charge on any atom is -0.352 e. The van der Waals surface area contributed by atoms with Gasteiger partial charge in [0, 0.05) is 6.54 Å². The molecule has 0 saturated heterocycles. The zero-order valence-corrected chi connectivity index (χ0v) is 14.9. The summed E-state index contributed by atoms with van der Waals surface area (Å²) >= 11 is 0. The van der Waals surface area contributed by atoms with Crippen LogP contribution in [0.15, 0.2) is 42.5 Å². The van der Waals surface area contributed by atoms with Gasteiger partial charge >= 0.3 is 6.18 Å². The van der Waals surface area contributed by atoms with Crippen LogP contribution in [0.25, 0.3) is 0 Å². The summed E-state index contributed by atoms with van der Waals surface area (Å²) in [5.41, 5.74) is 3.51. The second-order valence-corrected chi connectivity index (χ2v) is 7.53. The van der Waals surface area contributed by atoms with Gasteiger partial charge in [-0.25, -0.2) is 0 Å². The number of hydrogen-bond donors (Lipinski definition) is 1. The molecule has 5 heteroatoms. The van der Waals surface area contributed by atoms with Crippen LogP contribution in [0, 0.1) is 0 Å². The highest BCUT2D eigenvalue weighted by Crippen LogP contribution is 2.38. The zero-order valence-electron chi connectivity index (χ0n) is 14.9. The Labute approximate surface area is 151 Å². The summed E-state index contributed by atoms with van der Waals surface area (Å²) < 4.78 is 38.2. The molecule has 26 heavy (non-hydrogen) atoms. The Morgan fingerprint density at radius 1 is 1.12 bits per heavy atom. The smallest absolute Gasteiger partial charge is 0.352 e. The van der Waals surface area contributed by atoms with Gasteiger partial charge in [-0.15, -0.1) is 0 Å². The number of rotatable bonds is 4. The predicted octanol–water partition coefficient (Wildman–Crippen LogP) is 4.79. The molecule has 0 bridgehead atoms. The van der Waals surface area contributed by atoms with Gasteiger partial charge in [0.15, 0.2) is 0 Å². The molecule has 1 amide bonds. The second kappa shape index (κ2) is 6.78. The van der Waals surface area contributed by atoms with Gasteiger partial charge < -0.3 is 5.32 Å². The van der Waals surface area contributed by atoms with Crippen LogP contribution in [0.2, 0.25) is 0 Å². The van der Waals surface area contributed by atoms with Crippen molar-refractivity contribution in [3.05, 3.63) is 70.3 Å². The van der Waals surface area contributed by atoms with E-state index in [0.717, 1.165) is 30.5 Å². The number of alkyl halides is 3. The fourth-order valence-electron chi connectivity index (χ4n) is 3.51. The molecule has 0 heterocycles. The minimum atomic E-state index is -4.40. The van der Waals surface area contributed by atoms with E-state index >= 15 is 0 Å². The SMILES string of the molecule is CC1(C)CCc2cc(CNC(=O)Cc3cccc(C(F)(F)F)c3)ccc21. The van der Waals surface area contributed by atoms with Gasteiger partial charge in [-0.2, -0.15) is 13.2 Å². The molecule has 0 atom stereocenters. The standard InChI is InChI=1S/C21H22F3NO/c1-20(2)9-8-16-10-15(6-7-18(16)20)13-25-19(26)12-14-4-3-5-17(11-14)21(22,23)24/h3-7,10-11H,8-9,12-13H2,1-2H3,(H,25,26). The maximum Gasteiger partial charge on any atom is 0.416 e. The lowest BCUT2D eigenvalue weighted by molar-refractivity contribution is -0.137. The van der Waals surface area contributed by atoms with Crippen molar-refractivity contribution in [3.8, 4) is 0 Å². The van der Waals surface area contributed by atoms with E-state index in [9.17, 15) is 18.0 Å². The van der Waals surface area contributed by atoms with E-state index in [2.05, 4.69) is 31.3 Å². The average molecular weight is 361 g/mol. The number of hydrogen-bond acceptors (Lipinski definition) is 1. The van der Waals surface area contributed by atoms with E-state index in [1.54, 1.807) is 0 Å². The van der Waals surface area contributed by atoms with Gasteiger partial charge in [0.25, 0.3) is 0 Å². The first kappa shape index (κ1) is 18.5. The average Bonchev–Trinajstić information content (AvgIpc) is 2.87. The highest BCUT2D eigenvalue weighted by Gasteiger charge is 2.31. The largest absolute Gasteiger partial charge is 0.416 e. The van der Waals surface area contributed by atoms with Crippen LogP contribution in [0.4, 0.5) is 13.2 Å². The van der Waals surface area contributed by atoms with Gasteiger partial charge in [0.05, 0.1) is 12.0 Å². The van der Waals surface area contributed by atoms with Crippen molar-refractivity contribution in [2.75, 3.05) is 0 Å². The molecule has 1 aliphatic carbocycles. The van der Waals surface area contributed by atoms with Gasteiger partial charge in [0.1, 0.15) is 0 Å². The Balaban J connectivity index is 1.60. The summed E-state index contributed by atoms with van der Waals surface area (Å²) in [6.07, 6.45) is -2.31. The zero-order chi connectivity index (χ0) is 18.9. The third kappa shape index (κ3) is 4.09. The van der Waals surface area contributed by atoms with Crippen LogP contribution in [-0.4, -0.2) is 5.91 Å². The summed E-state index contributed by atoms with van der Waals surface area (Å²) in [6.45, 7) is 4.84. The summed E-state index contributed by atoms with van der Waals surface area (Å²) in [5.74, 6) is -0.287. The van der Waals surface area contributed by atoms with Crippen LogP contribution in [0.5, 0.6) is 0 Å². The molecular formula is C21H22F3NO. The van der Waals surface area contributed by atoms with E-state index < -0.39 is 11.7 Å². The van der Waals surface area contributed by atoms with Crippen molar-refractivity contribution in [1.29, 1.82) is 0 Å².